The zero-order chi connectivity index (χ0) is 20.9. The summed E-state index contributed by atoms with van der Waals surface area (Å²) in [6.07, 6.45) is 0. The molecule has 0 atom stereocenters. The average Bonchev–Trinajstić information content (AvgIpc) is 2.77. The van der Waals surface area contributed by atoms with Crippen molar-refractivity contribution in [2.75, 3.05) is 22.6 Å². The van der Waals surface area contributed by atoms with Gasteiger partial charge < -0.3 is 15.5 Å². The van der Waals surface area contributed by atoms with Gasteiger partial charge in [-0.05, 0) is 61.4 Å². The van der Waals surface area contributed by atoms with Gasteiger partial charge in [-0.2, -0.15) is 0 Å². The number of rotatable bonds is 6. The van der Waals surface area contributed by atoms with Crippen molar-refractivity contribution in [2.45, 2.75) is 13.8 Å². The molecule has 0 heterocycles. The molecule has 0 bridgehead atoms. The number of para-hydroxylation sites is 6. The van der Waals surface area contributed by atoms with Crippen LogP contribution in [0.1, 0.15) is 11.1 Å². The van der Waals surface area contributed by atoms with Gasteiger partial charge in [0.1, 0.15) is 0 Å². The first-order valence-electron chi connectivity index (χ1n) is 10.2. The number of nitrogens with one attached hydrogen (secondary N) is 2. The molecule has 0 aliphatic heterocycles. The van der Waals surface area contributed by atoms with E-state index in [-0.39, 0.29) is 0 Å². The molecule has 3 nitrogen and oxygen atoms in total. The van der Waals surface area contributed by atoms with E-state index in [4.69, 9.17) is 0 Å². The first-order chi connectivity index (χ1) is 14.6. The third-order valence-corrected chi connectivity index (χ3v) is 5.36. The molecule has 4 aromatic rings. The van der Waals surface area contributed by atoms with E-state index in [2.05, 4.69) is 133 Å². The summed E-state index contributed by atoms with van der Waals surface area (Å²) < 4.78 is 0. The van der Waals surface area contributed by atoms with Crippen molar-refractivity contribution in [3.05, 3.63) is 108 Å². The molecule has 150 valence electrons. The second-order valence-electron chi connectivity index (χ2n) is 7.47. The molecule has 0 aliphatic carbocycles. The van der Waals surface area contributed by atoms with Crippen LogP contribution >= 0.6 is 0 Å². The van der Waals surface area contributed by atoms with E-state index in [1.165, 1.54) is 11.1 Å². The predicted octanol–water partition coefficient (Wildman–Crippen LogP) is 7.56. The lowest BCUT2D eigenvalue weighted by molar-refractivity contribution is 1.21. The van der Waals surface area contributed by atoms with Gasteiger partial charge in [0.25, 0.3) is 0 Å². The van der Waals surface area contributed by atoms with E-state index >= 15 is 0 Å². The molecule has 4 aromatic carbocycles. The lowest BCUT2D eigenvalue weighted by Crippen LogP contribution is -2.13. The van der Waals surface area contributed by atoms with E-state index in [9.17, 15) is 0 Å². The summed E-state index contributed by atoms with van der Waals surface area (Å²) in [6, 6.07) is 33.5. The summed E-state index contributed by atoms with van der Waals surface area (Å²) in [5.74, 6) is 0. The summed E-state index contributed by atoms with van der Waals surface area (Å²) >= 11 is 0. The molecule has 0 aliphatic rings. The van der Waals surface area contributed by atoms with Gasteiger partial charge in [-0.15, -0.1) is 0 Å². The van der Waals surface area contributed by atoms with Crippen LogP contribution in [0.4, 0.5) is 34.1 Å². The molecule has 2 N–H and O–H groups in total. The highest BCUT2D eigenvalue weighted by Crippen LogP contribution is 2.37. The van der Waals surface area contributed by atoms with Crippen molar-refractivity contribution in [3.63, 3.8) is 0 Å². The normalized spacial score (nSPS) is 10.5. The first-order valence-corrected chi connectivity index (χ1v) is 10.2. The fourth-order valence-corrected chi connectivity index (χ4v) is 3.59. The van der Waals surface area contributed by atoms with Crippen molar-refractivity contribution < 1.29 is 0 Å². The monoisotopic (exact) mass is 393 g/mol. The molecule has 0 amide bonds. The average molecular weight is 394 g/mol. The first kappa shape index (κ1) is 19.6. The standard InChI is InChI=1S/C27H27N3/c1-20-12-4-6-14-22(20)28-24-16-8-10-18-26(24)30(3)27-19-11-9-17-25(27)29-23-15-7-5-13-21(23)2/h4-19,28-29H,1-3H3. The lowest BCUT2D eigenvalue weighted by atomic mass is 10.1. The Morgan fingerprint density at radius 2 is 0.800 bits per heavy atom. The SMILES string of the molecule is Cc1ccccc1Nc1ccccc1N(C)c1ccccc1Nc1ccccc1C. The Hall–Kier alpha value is -3.72. The summed E-state index contributed by atoms with van der Waals surface area (Å²) in [7, 11) is 2.11. The Labute approximate surface area is 179 Å². The summed E-state index contributed by atoms with van der Waals surface area (Å²) in [6.45, 7) is 4.24. The van der Waals surface area contributed by atoms with Crippen LogP contribution in [0.15, 0.2) is 97.1 Å². The molecule has 0 fully saturated rings. The number of benzene rings is 4. The fourth-order valence-electron chi connectivity index (χ4n) is 3.59. The fraction of sp³-hybridized carbons (Fsp3) is 0.111. The third kappa shape index (κ3) is 4.15. The van der Waals surface area contributed by atoms with Gasteiger partial charge >= 0.3 is 0 Å². The Morgan fingerprint density at radius 1 is 0.467 bits per heavy atom. The summed E-state index contributed by atoms with van der Waals surface area (Å²) in [5.41, 5.74) is 9.03. The largest absolute Gasteiger partial charge is 0.354 e. The van der Waals surface area contributed by atoms with Crippen molar-refractivity contribution >= 4 is 34.1 Å². The zero-order valence-corrected chi connectivity index (χ0v) is 17.7. The van der Waals surface area contributed by atoms with E-state index in [0.717, 1.165) is 34.1 Å². The number of hydrogen-bond acceptors (Lipinski definition) is 3. The minimum atomic E-state index is 1.07. The van der Waals surface area contributed by atoms with Gasteiger partial charge in [-0.3, -0.25) is 0 Å². The molecule has 0 saturated heterocycles. The third-order valence-electron chi connectivity index (χ3n) is 5.36. The lowest BCUT2D eigenvalue weighted by Gasteiger charge is -2.26. The number of anilines is 6. The van der Waals surface area contributed by atoms with E-state index in [0.29, 0.717) is 0 Å². The van der Waals surface area contributed by atoms with E-state index < -0.39 is 0 Å². The van der Waals surface area contributed by atoms with Crippen molar-refractivity contribution in [1.82, 2.24) is 0 Å². The van der Waals surface area contributed by atoms with E-state index in [1.807, 2.05) is 0 Å². The highest BCUT2D eigenvalue weighted by Gasteiger charge is 2.13. The smallest absolute Gasteiger partial charge is 0.0647 e. The van der Waals surface area contributed by atoms with Crippen LogP contribution in [0, 0.1) is 13.8 Å². The highest BCUT2D eigenvalue weighted by atomic mass is 15.1. The van der Waals surface area contributed by atoms with Crippen LogP contribution in [0.3, 0.4) is 0 Å². The van der Waals surface area contributed by atoms with Crippen molar-refractivity contribution in [1.29, 1.82) is 0 Å². The molecule has 0 radical (unpaired) electrons. The molecule has 0 aromatic heterocycles. The second kappa shape index (κ2) is 8.75. The molecule has 0 spiro atoms. The molecule has 30 heavy (non-hydrogen) atoms. The van der Waals surface area contributed by atoms with Gasteiger partial charge in [0, 0.05) is 18.4 Å². The Kier molecular flexibility index (Phi) is 5.71. The summed E-state index contributed by atoms with van der Waals surface area (Å²) in [4.78, 5) is 2.22. The Morgan fingerprint density at radius 3 is 1.20 bits per heavy atom. The Bertz CT molecular complexity index is 1060. The van der Waals surface area contributed by atoms with Crippen molar-refractivity contribution in [2.24, 2.45) is 0 Å². The summed E-state index contributed by atoms with van der Waals surface area (Å²) in [5, 5.41) is 7.22. The number of aryl methyl sites for hydroxylation is 2. The second-order valence-corrected chi connectivity index (χ2v) is 7.47. The van der Waals surface area contributed by atoms with Gasteiger partial charge in [0.15, 0.2) is 0 Å². The van der Waals surface area contributed by atoms with Crippen LogP contribution in [-0.2, 0) is 0 Å². The van der Waals surface area contributed by atoms with Gasteiger partial charge in [-0.1, -0.05) is 60.7 Å². The molecule has 3 heteroatoms. The maximum absolute atomic E-state index is 3.61. The minimum absolute atomic E-state index is 1.07. The van der Waals surface area contributed by atoms with Crippen LogP contribution in [0.2, 0.25) is 0 Å². The van der Waals surface area contributed by atoms with E-state index in [1.54, 1.807) is 0 Å². The number of nitrogens with zero attached hydrogens (tertiary/aromatic N) is 1. The van der Waals surface area contributed by atoms with Gasteiger partial charge in [-0.25, -0.2) is 0 Å². The maximum Gasteiger partial charge on any atom is 0.0647 e. The van der Waals surface area contributed by atoms with Crippen LogP contribution in [-0.4, -0.2) is 7.05 Å². The molecular weight excluding hydrogens is 366 g/mol. The Balaban J connectivity index is 1.69. The van der Waals surface area contributed by atoms with Gasteiger partial charge in [0.2, 0.25) is 0 Å². The van der Waals surface area contributed by atoms with Crippen LogP contribution in [0.25, 0.3) is 0 Å². The topological polar surface area (TPSA) is 27.3 Å². The maximum atomic E-state index is 3.61. The highest BCUT2D eigenvalue weighted by molar-refractivity contribution is 5.86. The molecule has 0 unspecified atom stereocenters. The molecule has 0 saturated carbocycles. The van der Waals surface area contributed by atoms with Gasteiger partial charge in [0.05, 0.1) is 22.7 Å². The molecule has 4 rings (SSSR count). The number of hydrogen-bond donors (Lipinski definition) is 2. The zero-order valence-electron chi connectivity index (χ0n) is 17.7. The van der Waals surface area contributed by atoms with Crippen LogP contribution < -0.4 is 15.5 Å². The quantitative estimate of drug-likeness (QED) is 0.354. The van der Waals surface area contributed by atoms with Crippen molar-refractivity contribution in [3.8, 4) is 0 Å². The predicted molar refractivity (Wildman–Crippen MR) is 130 cm³/mol. The van der Waals surface area contributed by atoms with Crippen LogP contribution in [0.5, 0.6) is 0 Å². The minimum Gasteiger partial charge on any atom is -0.354 e. The molecular formula is C27H27N3.